The number of benzene rings is 1. The van der Waals surface area contributed by atoms with E-state index in [2.05, 4.69) is 25.6 Å². The Hall–Kier alpha value is -4.70. The van der Waals surface area contributed by atoms with Crippen LogP contribution in [-0.2, 0) is 9.53 Å². The number of esters is 1. The van der Waals surface area contributed by atoms with Gasteiger partial charge in [0.05, 0.1) is 35.0 Å². The lowest BCUT2D eigenvalue weighted by atomic mass is 10.1. The van der Waals surface area contributed by atoms with Crippen molar-refractivity contribution in [3.63, 3.8) is 0 Å². The van der Waals surface area contributed by atoms with E-state index in [1.54, 1.807) is 6.92 Å². The third kappa shape index (κ3) is 5.38. The number of amides is 1. The molecule has 1 amide bonds. The molecule has 0 bridgehead atoms. The normalized spacial score (nSPS) is 14.7. The maximum Gasteiger partial charge on any atom is 0.356 e. The topological polar surface area (TPSA) is 192 Å². The Morgan fingerprint density at radius 2 is 1.93 bits per heavy atom. The van der Waals surface area contributed by atoms with E-state index in [9.17, 15) is 18.8 Å². The number of piperazine rings is 1. The summed E-state index contributed by atoms with van der Waals surface area (Å²) in [5.41, 5.74) is 3.97. The zero-order valence-electron chi connectivity index (χ0n) is 22.1. The summed E-state index contributed by atoms with van der Waals surface area (Å²) >= 11 is 0. The van der Waals surface area contributed by atoms with E-state index in [1.807, 2.05) is 35.2 Å². The summed E-state index contributed by atoms with van der Waals surface area (Å²) in [4.78, 5) is 48.8. The fourth-order valence-electron chi connectivity index (χ4n) is 4.77. The maximum absolute atomic E-state index is 15.0. The molecule has 0 aliphatic carbocycles. The minimum absolute atomic E-state index is 0.0897. The van der Waals surface area contributed by atoms with Gasteiger partial charge in [-0.3, -0.25) is 30.4 Å². The number of fused-ring (bicyclic) bond motifs is 1. The Kier molecular flexibility index (Phi) is 8.02. The largest absolute Gasteiger partial charge is 0.461 e. The number of pyridine rings is 1. The summed E-state index contributed by atoms with van der Waals surface area (Å²) in [7, 11) is 0. The highest BCUT2D eigenvalue weighted by molar-refractivity contribution is 6.45. The zero-order valence-corrected chi connectivity index (χ0v) is 22.1. The van der Waals surface area contributed by atoms with Gasteiger partial charge in [-0.15, -0.1) is 0 Å². The number of nitrogens with one attached hydrogen (secondary N) is 3. The molecule has 14 nitrogen and oxygen atoms in total. The fraction of sp³-hybridized carbons (Fsp3) is 0.269. The van der Waals surface area contributed by atoms with Crippen molar-refractivity contribution in [2.45, 2.75) is 13.2 Å². The van der Waals surface area contributed by atoms with Crippen molar-refractivity contribution in [1.82, 2.24) is 35.4 Å². The lowest BCUT2D eigenvalue weighted by Gasteiger charge is -2.42. The molecule has 1 aliphatic rings. The van der Waals surface area contributed by atoms with Gasteiger partial charge in [0, 0.05) is 38.4 Å². The van der Waals surface area contributed by atoms with Gasteiger partial charge in [0.25, 0.3) is 11.7 Å². The highest BCUT2D eigenvalue weighted by atomic mass is 19.1. The first-order chi connectivity index (χ1) is 19.8. The number of hydrogen-bond acceptors (Lipinski definition) is 11. The molecular weight excluding hydrogens is 535 g/mol. The predicted octanol–water partition coefficient (Wildman–Crippen LogP) is 0.723. The van der Waals surface area contributed by atoms with Gasteiger partial charge in [0.1, 0.15) is 17.1 Å². The van der Waals surface area contributed by atoms with Crippen molar-refractivity contribution in [3.05, 3.63) is 65.9 Å². The number of aromatic amines is 2. The lowest BCUT2D eigenvalue weighted by Crippen LogP contribution is -2.65. The third-order valence-electron chi connectivity index (χ3n) is 6.83. The number of anilines is 1. The number of H-pyrrole nitrogens is 2. The minimum Gasteiger partial charge on any atom is -0.461 e. The van der Waals surface area contributed by atoms with Crippen LogP contribution in [0.3, 0.4) is 0 Å². The van der Waals surface area contributed by atoms with Crippen LogP contribution < -0.4 is 22.1 Å². The Morgan fingerprint density at radius 1 is 1.20 bits per heavy atom. The van der Waals surface area contributed by atoms with Gasteiger partial charge < -0.3 is 14.6 Å². The van der Waals surface area contributed by atoms with E-state index >= 15 is 0 Å². The number of hydrazine groups is 2. The Balaban J connectivity index is 1.31. The second-order valence-electron chi connectivity index (χ2n) is 9.23. The summed E-state index contributed by atoms with van der Waals surface area (Å²) in [5.74, 6) is 9.03. The number of ether oxygens (including phenoxy) is 1. The molecular formula is C26H29FN10O4. The smallest absolute Gasteiger partial charge is 0.356 e. The van der Waals surface area contributed by atoms with Gasteiger partial charge in [0.2, 0.25) is 0 Å². The number of Topliss-reactive ketones (excluding diaryl/α,β-unsaturated/α-hetero) is 1. The van der Waals surface area contributed by atoms with Gasteiger partial charge in [-0.1, -0.05) is 18.2 Å². The molecule has 15 heteroatoms. The summed E-state index contributed by atoms with van der Waals surface area (Å²) in [6.45, 7) is 3.08. The molecule has 1 atom stereocenters. The molecule has 1 saturated heterocycles. The molecule has 1 fully saturated rings. The summed E-state index contributed by atoms with van der Waals surface area (Å²) < 4.78 is 19.9. The zero-order chi connectivity index (χ0) is 29.1. The van der Waals surface area contributed by atoms with E-state index in [4.69, 9.17) is 16.4 Å². The quantitative estimate of drug-likeness (QED) is 0.0481. The summed E-state index contributed by atoms with van der Waals surface area (Å²) in [6, 6.07) is 10.7. The molecule has 1 aromatic carbocycles. The van der Waals surface area contributed by atoms with Crippen LogP contribution >= 0.6 is 0 Å². The molecule has 0 spiro atoms. The van der Waals surface area contributed by atoms with Gasteiger partial charge in [0.15, 0.2) is 12.1 Å². The number of rotatable bonds is 9. The van der Waals surface area contributed by atoms with Crippen LogP contribution in [0.1, 0.15) is 27.8 Å². The Morgan fingerprint density at radius 3 is 2.61 bits per heavy atom. The average molecular weight is 565 g/mol. The molecule has 41 heavy (non-hydrogen) atoms. The molecule has 4 heterocycles. The Bertz CT molecular complexity index is 1570. The molecule has 214 valence electrons. The molecule has 7 N–H and O–H groups in total. The van der Waals surface area contributed by atoms with Crippen molar-refractivity contribution in [2.75, 3.05) is 37.8 Å². The number of ketones is 1. The molecule has 3 aromatic heterocycles. The van der Waals surface area contributed by atoms with E-state index in [1.165, 1.54) is 22.2 Å². The van der Waals surface area contributed by atoms with Crippen molar-refractivity contribution < 1.29 is 23.5 Å². The van der Waals surface area contributed by atoms with Gasteiger partial charge in [-0.25, -0.2) is 25.4 Å². The van der Waals surface area contributed by atoms with Crippen LogP contribution in [0.25, 0.3) is 22.3 Å². The maximum atomic E-state index is 15.0. The highest BCUT2D eigenvalue weighted by Crippen LogP contribution is 2.30. The predicted molar refractivity (Wildman–Crippen MR) is 146 cm³/mol. The second-order valence-corrected chi connectivity index (χ2v) is 9.23. The number of nitrogens with two attached hydrogens (primary N) is 2. The number of halogens is 1. The highest BCUT2D eigenvalue weighted by Gasteiger charge is 2.33. The monoisotopic (exact) mass is 564 g/mol. The first-order valence-corrected chi connectivity index (χ1v) is 12.8. The SMILES string of the molecule is CCOC(=O)c1cc(-c2ncc(F)c3c(C(=O)C(=O)N4CCN(C(NN)N(N)c5ccccc5)CC4)c[nH]c23)n[nH]1. The number of hydrogen-bond donors (Lipinski definition) is 5. The van der Waals surface area contributed by atoms with Crippen LogP contribution in [-0.4, -0.2) is 86.7 Å². The molecule has 0 saturated carbocycles. The molecule has 1 aliphatic heterocycles. The van der Waals surface area contributed by atoms with Gasteiger partial charge >= 0.3 is 5.97 Å². The number of aromatic nitrogens is 4. The third-order valence-corrected chi connectivity index (χ3v) is 6.83. The van der Waals surface area contributed by atoms with Crippen molar-refractivity contribution in [3.8, 4) is 11.4 Å². The molecule has 4 aromatic rings. The van der Waals surface area contributed by atoms with Crippen molar-refractivity contribution >= 4 is 34.3 Å². The van der Waals surface area contributed by atoms with Crippen LogP contribution in [0.4, 0.5) is 10.1 Å². The molecule has 0 radical (unpaired) electrons. The first-order valence-electron chi connectivity index (χ1n) is 12.8. The van der Waals surface area contributed by atoms with Gasteiger partial charge in [-0.05, 0) is 19.1 Å². The minimum atomic E-state index is -0.867. The Labute approximate surface area is 233 Å². The molecule has 5 rings (SSSR count). The lowest BCUT2D eigenvalue weighted by molar-refractivity contribution is -0.128. The van der Waals surface area contributed by atoms with Crippen molar-refractivity contribution in [1.29, 1.82) is 0 Å². The average Bonchev–Trinajstić information content (AvgIpc) is 3.67. The van der Waals surface area contributed by atoms with E-state index in [-0.39, 0.29) is 53.2 Å². The first kappa shape index (κ1) is 27.9. The number of nitrogens with zero attached hydrogens (tertiary/aromatic N) is 5. The van der Waals surface area contributed by atoms with Crippen LogP contribution in [0.15, 0.2) is 48.8 Å². The number of carbonyl (C=O) groups excluding carboxylic acids is 3. The standard InChI is InChI=1S/C26H29FN10O4/c1-2-41-25(40)19-12-18(33-34-19)21-22-20(17(27)14-31-21)16(13-30-22)23(38)24(39)35-8-10-36(11-9-35)26(32-28)37(29)15-6-4-3-5-7-15/h3-7,12-14,26,30,32H,2,8-11,28-29H2,1H3,(H,33,34). The summed E-state index contributed by atoms with van der Waals surface area (Å²) in [6.07, 6.45) is 1.66. The van der Waals surface area contributed by atoms with E-state index in [0.717, 1.165) is 11.9 Å². The fourth-order valence-corrected chi connectivity index (χ4v) is 4.77. The van der Waals surface area contributed by atoms with Gasteiger partial charge in [-0.2, -0.15) is 5.10 Å². The van der Waals surface area contributed by atoms with E-state index in [0.29, 0.717) is 13.1 Å². The summed E-state index contributed by atoms with van der Waals surface area (Å²) in [5, 5.41) is 8.02. The molecule has 1 unspecified atom stereocenters. The second kappa shape index (κ2) is 11.8. The van der Waals surface area contributed by atoms with Crippen LogP contribution in [0.5, 0.6) is 0 Å². The number of para-hydroxylation sites is 1. The van der Waals surface area contributed by atoms with E-state index < -0.39 is 29.8 Å². The van der Waals surface area contributed by atoms with Crippen LogP contribution in [0.2, 0.25) is 0 Å². The number of carbonyl (C=O) groups is 3. The van der Waals surface area contributed by atoms with Crippen LogP contribution in [0, 0.1) is 5.82 Å². The van der Waals surface area contributed by atoms with Crippen molar-refractivity contribution in [2.24, 2.45) is 11.7 Å².